The van der Waals surface area contributed by atoms with Crippen molar-refractivity contribution in [3.63, 3.8) is 0 Å². The van der Waals surface area contributed by atoms with Crippen molar-refractivity contribution in [3.05, 3.63) is 52.3 Å². The van der Waals surface area contributed by atoms with Crippen LogP contribution in [0.1, 0.15) is 25.1 Å². The zero-order valence-electron chi connectivity index (χ0n) is 10.7. The highest BCUT2D eigenvalue weighted by molar-refractivity contribution is 9.10. The van der Waals surface area contributed by atoms with E-state index in [4.69, 9.17) is 10.5 Å². The van der Waals surface area contributed by atoms with Crippen LogP contribution in [0.2, 0.25) is 0 Å². The zero-order chi connectivity index (χ0) is 14.7. The number of aromatic nitrogens is 1. The molecule has 0 saturated carbocycles. The molecule has 0 fully saturated rings. The molecule has 2 aromatic rings. The summed E-state index contributed by atoms with van der Waals surface area (Å²) in [7, 11) is 0. The first-order valence-corrected chi connectivity index (χ1v) is 6.84. The van der Waals surface area contributed by atoms with Crippen molar-refractivity contribution in [1.29, 1.82) is 0 Å². The van der Waals surface area contributed by atoms with E-state index in [1.807, 2.05) is 6.92 Å². The Morgan fingerprint density at radius 1 is 1.35 bits per heavy atom. The molecule has 0 amide bonds. The van der Waals surface area contributed by atoms with Gasteiger partial charge in [0.1, 0.15) is 5.75 Å². The van der Waals surface area contributed by atoms with Crippen LogP contribution in [-0.4, -0.2) is 4.98 Å². The van der Waals surface area contributed by atoms with Gasteiger partial charge in [0.25, 0.3) is 0 Å². The van der Waals surface area contributed by atoms with Crippen LogP contribution < -0.4 is 10.5 Å². The van der Waals surface area contributed by atoms with Gasteiger partial charge in [-0.3, -0.25) is 4.98 Å². The predicted molar refractivity (Wildman–Crippen MR) is 75.6 cm³/mol. The molecule has 0 aliphatic rings. The minimum absolute atomic E-state index is 0.149. The molecule has 0 saturated heterocycles. The van der Waals surface area contributed by atoms with Gasteiger partial charge in [0, 0.05) is 10.5 Å². The standard InChI is InChI=1S/C14H13BrF2N2O/c1-2-11(18)12-4-3-9(7-19-12)20-13-6-8(15)5-10(16)14(13)17/h3-7,11H,2,18H2,1H3. The second-order valence-corrected chi connectivity index (χ2v) is 5.15. The van der Waals surface area contributed by atoms with Crippen molar-refractivity contribution in [2.75, 3.05) is 0 Å². The summed E-state index contributed by atoms with van der Waals surface area (Å²) in [5.41, 5.74) is 6.56. The minimum atomic E-state index is -1.04. The van der Waals surface area contributed by atoms with Crippen LogP contribution in [0.25, 0.3) is 0 Å². The number of nitrogens with two attached hydrogens (primary N) is 1. The van der Waals surface area contributed by atoms with Crippen molar-refractivity contribution in [2.24, 2.45) is 5.73 Å². The Balaban J connectivity index is 2.22. The second kappa shape index (κ2) is 6.28. The quantitative estimate of drug-likeness (QED) is 0.841. The van der Waals surface area contributed by atoms with Gasteiger partial charge in [-0.25, -0.2) is 4.39 Å². The molecule has 1 unspecified atom stereocenters. The Morgan fingerprint density at radius 2 is 2.10 bits per heavy atom. The van der Waals surface area contributed by atoms with E-state index in [1.165, 1.54) is 12.3 Å². The largest absolute Gasteiger partial charge is 0.453 e. The summed E-state index contributed by atoms with van der Waals surface area (Å²) >= 11 is 3.08. The minimum Gasteiger partial charge on any atom is -0.453 e. The van der Waals surface area contributed by atoms with Gasteiger partial charge in [-0.1, -0.05) is 22.9 Å². The number of halogens is 3. The normalized spacial score (nSPS) is 12.2. The van der Waals surface area contributed by atoms with Gasteiger partial charge < -0.3 is 10.5 Å². The van der Waals surface area contributed by atoms with Crippen molar-refractivity contribution in [1.82, 2.24) is 4.98 Å². The monoisotopic (exact) mass is 342 g/mol. The number of nitrogens with zero attached hydrogens (tertiary/aromatic N) is 1. The third kappa shape index (κ3) is 3.32. The summed E-state index contributed by atoms with van der Waals surface area (Å²) in [6.45, 7) is 1.95. The zero-order valence-corrected chi connectivity index (χ0v) is 12.3. The molecule has 20 heavy (non-hydrogen) atoms. The highest BCUT2D eigenvalue weighted by Crippen LogP contribution is 2.29. The van der Waals surface area contributed by atoms with Crippen LogP contribution in [0.3, 0.4) is 0 Å². The van der Waals surface area contributed by atoms with Gasteiger partial charge in [-0.05, 0) is 30.7 Å². The number of rotatable bonds is 4. The maximum Gasteiger partial charge on any atom is 0.201 e. The maximum absolute atomic E-state index is 13.6. The van der Waals surface area contributed by atoms with E-state index in [-0.39, 0.29) is 11.8 Å². The van der Waals surface area contributed by atoms with Crippen molar-refractivity contribution >= 4 is 15.9 Å². The smallest absolute Gasteiger partial charge is 0.201 e. The average molecular weight is 343 g/mol. The number of benzene rings is 1. The molecule has 1 heterocycles. The molecule has 1 aromatic heterocycles. The van der Waals surface area contributed by atoms with Gasteiger partial charge in [-0.2, -0.15) is 4.39 Å². The lowest BCUT2D eigenvalue weighted by molar-refractivity contribution is 0.414. The maximum atomic E-state index is 13.6. The SMILES string of the molecule is CCC(N)c1ccc(Oc2cc(Br)cc(F)c2F)cn1. The molecule has 1 atom stereocenters. The summed E-state index contributed by atoms with van der Waals surface area (Å²) in [6, 6.07) is 5.56. The van der Waals surface area contributed by atoms with E-state index in [1.54, 1.807) is 12.1 Å². The number of ether oxygens (including phenoxy) is 1. The highest BCUT2D eigenvalue weighted by atomic mass is 79.9. The van der Waals surface area contributed by atoms with Crippen molar-refractivity contribution in [2.45, 2.75) is 19.4 Å². The number of pyridine rings is 1. The fourth-order valence-corrected chi connectivity index (χ4v) is 2.02. The van der Waals surface area contributed by atoms with Crippen LogP contribution >= 0.6 is 15.9 Å². The first kappa shape index (κ1) is 14.9. The molecule has 6 heteroatoms. The summed E-state index contributed by atoms with van der Waals surface area (Å²) < 4.78 is 32.5. The molecule has 0 bridgehead atoms. The van der Waals surface area contributed by atoms with Crippen LogP contribution in [0.5, 0.6) is 11.5 Å². The van der Waals surface area contributed by atoms with Crippen molar-refractivity contribution in [3.8, 4) is 11.5 Å². The van der Waals surface area contributed by atoms with Gasteiger partial charge in [0.2, 0.25) is 5.82 Å². The average Bonchev–Trinajstić information content (AvgIpc) is 2.44. The molecule has 0 aliphatic heterocycles. The van der Waals surface area contributed by atoms with Crippen LogP contribution in [0.15, 0.2) is 34.9 Å². The summed E-state index contributed by atoms with van der Waals surface area (Å²) in [5, 5.41) is 0. The van der Waals surface area contributed by atoms with Crippen LogP contribution in [0, 0.1) is 11.6 Å². The van der Waals surface area contributed by atoms with E-state index in [0.29, 0.717) is 10.2 Å². The summed E-state index contributed by atoms with van der Waals surface area (Å²) in [6.07, 6.45) is 2.20. The molecular formula is C14H13BrF2N2O. The Hall–Kier alpha value is -1.53. The summed E-state index contributed by atoms with van der Waals surface area (Å²) in [4.78, 5) is 4.14. The number of hydrogen-bond donors (Lipinski definition) is 1. The van der Waals surface area contributed by atoms with Crippen LogP contribution in [0.4, 0.5) is 8.78 Å². The highest BCUT2D eigenvalue weighted by Gasteiger charge is 2.13. The Morgan fingerprint density at radius 3 is 2.70 bits per heavy atom. The van der Waals surface area contributed by atoms with E-state index in [2.05, 4.69) is 20.9 Å². The molecule has 0 spiro atoms. The fraction of sp³-hybridized carbons (Fsp3) is 0.214. The molecule has 2 N–H and O–H groups in total. The molecular weight excluding hydrogens is 330 g/mol. The third-order valence-corrected chi connectivity index (χ3v) is 3.22. The molecule has 3 nitrogen and oxygen atoms in total. The molecule has 106 valence electrons. The Kier molecular flexibility index (Phi) is 4.67. The predicted octanol–water partition coefficient (Wildman–Crippen LogP) is 4.32. The topological polar surface area (TPSA) is 48.1 Å². The van der Waals surface area contributed by atoms with Crippen LogP contribution in [-0.2, 0) is 0 Å². The first-order chi connectivity index (χ1) is 9.51. The molecule has 0 aliphatic carbocycles. The van der Waals surface area contributed by atoms with E-state index < -0.39 is 11.6 Å². The van der Waals surface area contributed by atoms with E-state index in [0.717, 1.165) is 18.2 Å². The second-order valence-electron chi connectivity index (χ2n) is 4.24. The number of hydrogen-bond acceptors (Lipinski definition) is 3. The molecule has 0 radical (unpaired) electrons. The third-order valence-electron chi connectivity index (χ3n) is 2.77. The molecule has 2 rings (SSSR count). The van der Waals surface area contributed by atoms with Crippen molar-refractivity contribution < 1.29 is 13.5 Å². The lowest BCUT2D eigenvalue weighted by atomic mass is 10.1. The lowest BCUT2D eigenvalue weighted by Gasteiger charge is -2.10. The Bertz CT molecular complexity index is 605. The Labute approximate surface area is 123 Å². The van der Waals surface area contributed by atoms with E-state index >= 15 is 0 Å². The summed E-state index contributed by atoms with van der Waals surface area (Å²) in [5.74, 6) is -1.91. The van der Waals surface area contributed by atoms with E-state index in [9.17, 15) is 8.78 Å². The fourth-order valence-electron chi connectivity index (χ4n) is 1.61. The van der Waals surface area contributed by atoms with Gasteiger partial charge in [-0.15, -0.1) is 0 Å². The van der Waals surface area contributed by atoms with Gasteiger partial charge in [0.05, 0.1) is 11.9 Å². The molecule has 1 aromatic carbocycles. The van der Waals surface area contributed by atoms with Gasteiger partial charge >= 0.3 is 0 Å². The first-order valence-electron chi connectivity index (χ1n) is 6.05. The lowest BCUT2D eigenvalue weighted by Crippen LogP contribution is -2.10. The van der Waals surface area contributed by atoms with Gasteiger partial charge in [0.15, 0.2) is 11.6 Å².